The van der Waals surface area contributed by atoms with E-state index in [9.17, 15) is 9.18 Å². The Labute approximate surface area is 183 Å². The lowest BCUT2D eigenvalue weighted by atomic mass is 9.96. The summed E-state index contributed by atoms with van der Waals surface area (Å²) in [4.78, 5) is 14.7. The van der Waals surface area contributed by atoms with E-state index >= 15 is 0 Å². The lowest BCUT2D eigenvalue weighted by molar-refractivity contribution is -0.120. The van der Waals surface area contributed by atoms with Crippen LogP contribution in [0.5, 0.6) is 0 Å². The third-order valence-electron chi connectivity index (χ3n) is 5.11. The molecule has 154 valence electrons. The van der Waals surface area contributed by atoms with Gasteiger partial charge >= 0.3 is 0 Å². The summed E-state index contributed by atoms with van der Waals surface area (Å²) in [6.45, 7) is 1.41. The molecule has 8 heteroatoms. The van der Waals surface area contributed by atoms with Crippen LogP contribution in [0.15, 0.2) is 54.6 Å². The summed E-state index contributed by atoms with van der Waals surface area (Å²) in [6, 6.07) is 14.9. The molecule has 0 bridgehead atoms. The topological polar surface area (TPSA) is 58.1 Å². The third kappa shape index (κ3) is 4.89. The smallest absolute Gasteiger partial charge is 0.227 e. The van der Waals surface area contributed by atoms with Gasteiger partial charge in [-0.25, -0.2) is 4.39 Å². The van der Waals surface area contributed by atoms with Gasteiger partial charge in [-0.3, -0.25) is 4.79 Å². The first-order valence-corrected chi connectivity index (χ1v) is 10.3. The van der Waals surface area contributed by atoms with Crippen molar-refractivity contribution in [2.75, 3.05) is 23.3 Å². The lowest BCUT2D eigenvalue weighted by Gasteiger charge is -2.31. The Kier molecular flexibility index (Phi) is 6.16. The fourth-order valence-corrected chi connectivity index (χ4v) is 4.04. The molecule has 0 radical (unpaired) electrons. The van der Waals surface area contributed by atoms with Gasteiger partial charge in [-0.2, -0.15) is 0 Å². The molecule has 0 atom stereocenters. The summed E-state index contributed by atoms with van der Waals surface area (Å²) in [5.74, 6) is 0.353. The van der Waals surface area contributed by atoms with Crippen LogP contribution in [0.2, 0.25) is 10.0 Å². The van der Waals surface area contributed by atoms with Crippen LogP contribution in [-0.4, -0.2) is 29.2 Å². The number of nitrogens with zero attached hydrogens (tertiary/aromatic N) is 3. The highest BCUT2D eigenvalue weighted by Crippen LogP contribution is 2.26. The molecule has 0 aliphatic carbocycles. The number of rotatable bonds is 4. The van der Waals surface area contributed by atoms with Crippen molar-refractivity contribution >= 4 is 40.6 Å². The average molecular weight is 445 g/mol. The lowest BCUT2D eigenvalue weighted by Crippen LogP contribution is -2.38. The predicted molar refractivity (Wildman–Crippen MR) is 117 cm³/mol. The molecule has 2 heterocycles. The quantitative estimate of drug-likeness (QED) is 0.581. The second-order valence-electron chi connectivity index (χ2n) is 7.19. The number of aromatic nitrogens is 2. The van der Waals surface area contributed by atoms with Crippen LogP contribution >= 0.6 is 23.2 Å². The minimum Gasteiger partial charge on any atom is -0.355 e. The Morgan fingerprint density at radius 2 is 1.63 bits per heavy atom. The molecule has 4 rings (SSSR count). The van der Waals surface area contributed by atoms with Crippen LogP contribution in [0.1, 0.15) is 12.8 Å². The molecule has 1 saturated heterocycles. The predicted octanol–water partition coefficient (Wildman–Crippen LogP) is 5.44. The third-order valence-corrected chi connectivity index (χ3v) is 5.55. The molecule has 3 aromatic rings. The second-order valence-corrected chi connectivity index (χ2v) is 8.07. The van der Waals surface area contributed by atoms with E-state index in [0.29, 0.717) is 47.4 Å². The maximum Gasteiger partial charge on any atom is 0.227 e. The van der Waals surface area contributed by atoms with Crippen molar-refractivity contribution in [1.82, 2.24) is 10.2 Å². The van der Waals surface area contributed by atoms with E-state index in [4.69, 9.17) is 23.2 Å². The minimum absolute atomic E-state index is 0.0364. The van der Waals surface area contributed by atoms with E-state index in [1.54, 1.807) is 30.3 Å². The van der Waals surface area contributed by atoms with Crippen molar-refractivity contribution in [2.45, 2.75) is 12.8 Å². The Morgan fingerprint density at radius 3 is 2.23 bits per heavy atom. The number of anilines is 2. The summed E-state index contributed by atoms with van der Waals surface area (Å²) in [6.07, 6.45) is 1.42. The van der Waals surface area contributed by atoms with Gasteiger partial charge < -0.3 is 10.2 Å². The van der Waals surface area contributed by atoms with E-state index in [0.717, 1.165) is 11.4 Å². The standard InChI is InChI=1S/C22H19Cl2FN4O/c23-16-11-17(24)13-19(12-16)26-22(30)15-7-9-29(10-8-15)21-6-5-20(27-28-21)14-1-3-18(25)4-2-14/h1-6,11-13,15H,7-10H2,(H,26,30). The number of benzene rings is 2. The Morgan fingerprint density at radius 1 is 0.967 bits per heavy atom. The van der Waals surface area contributed by atoms with Crippen LogP contribution in [0.4, 0.5) is 15.9 Å². The van der Waals surface area contributed by atoms with E-state index in [-0.39, 0.29) is 17.6 Å². The Bertz CT molecular complexity index is 1020. The van der Waals surface area contributed by atoms with Gasteiger partial charge in [-0.15, -0.1) is 10.2 Å². The number of halogens is 3. The monoisotopic (exact) mass is 444 g/mol. The van der Waals surface area contributed by atoms with E-state index in [1.807, 2.05) is 12.1 Å². The highest BCUT2D eigenvalue weighted by atomic mass is 35.5. The molecule has 30 heavy (non-hydrogen) atoms. The van der Waals surface area contributed by atoms with Gasteiger partial charge in [0.05, 0.1) is 5.69 Å². The molecule has 0 saturated carbocycles. The molecule has 1 amide bonds. The zero-order valence-electron chi connectivity index (χ0n) is 16.0. The summed E-state index contributed by atoms with van der Waals surface area (Å²) in [5, 5.41) is 12.4. The van der Waals surface area contributed by atoms with Gasteiger partial charge in [0.2, 0.25) is 5.91 Å². The van der Waals surface area contributed by atoms with Gasteiger partial charge in [0.25, 0.3) is 0 Å². The van der Waals surface area contributed by atoms with Crippen LogP contribution in [0.3, 0.4) is 0 Å². The fraction of sp³-hybridized carbons (Fsp3) is 0.227. The van der Waals surface area contributed by atoms with Crippen molar-refractivity contribution in [3.8, 4) is 11.3 Å². The second kappa shape index (κ2) is 8.98. The first-order chi connectivity index (χ1) is 14.5. The number of carbonyl (C=O) groups excluding carboxylic acids is 1. The van der Waals surface area contributed by atoms with Crippen molar-refractivity contribution in [1.29, 1.82) is 0 Å². The number of nitrogens with one attached hydrogen (secondary N) is 1. The molecule has 1 aliphatic rings. The molecule has 1 fully saturated rings. The van der Waals surface area contributed by atoms with Gasteiger partial charge in [0, 0.05) is 40.3 Å². The van der Waals surface area contributed by atoms with E-state index in [1.165, 1.54) is 12.1 Å². The van der Waals surface area contributed by atoms with Gasteiger partial charge in [0.15, 0.2) is 5.82 Å². The van der Waals surface area contributed by atoms with Crippen molar-refractivity contribution in [3.63, 3.8) is 0 Å². The summed E-state index contributed by atoms with van der Waals surface area (Å²) in [5.41, 5.74) is 2.10. The molecular weight excluding hydrogens is 426 g/mol. The Hall–Kier alpha value is -2.70. The Balaban J connectivity index is 1.34. The fourth-order valence-electron chi connectivity index (χ4n) is 3.51. The van der Waals surface area contributed by atoms with Crippen molar-refractivity contribution in [3.05, 3.63) is 70.5 Å². The van der Waals surface area contributed by atoms with E-state index < -0.39 is 0 Å². The maximum atomic E-state index is 13.1. The summed E-state index contributed by atoms with van der Waals surface area (Å²) in [7, 11) is 0. The molecular formula is C22H19Cl2FN4O. The van der Waals surface area contributed by atoms with Crippen LogP contribution in [-0.2, 0) is 4.79 Å². The number of amides is 1. The number of piperidine rings is 1. The highest BCUT2D eigenvalue weighted by molar-refractivity contribution is 6.35. The maximum absolute atomic E-state index is 13.1. The zero-order chi connectivity index (χ0) is 21.1. The van der Waals surface area contributed by atoms with Crippen LogP contribution < -0.4 is 10.2 Å². The number of hydrogen-bond acceptors (Lipinski definition) is 4. The molecule has 1 aromatic heterocycles. The summed E-state index contributed by atoms with van der Waals surface area (Å²) < 4.78 is 13.1. The van der Waals surface area contributed by atoms with Crippen LogP contribution in [0.25, 0.3) is 11.3 Å². The molecule has 0 unspecified atom stereocenters. The largest absolute Gasteiger partial charge is 0.355 e. The van der Waals surface area contributed by atoms with Gasteiger partial charge in [0.1, 0.15) is 5.82 Å². The zero-order valence-corrected chi connectivity index (χ0v) is 17.5. The highest BCUT2D eigenvalue weighted by Gasteiger charge is 2.26. The molecule has 2 aromatic carbocycles. The average Bonchev–Trinajstić information content (AvgIpc) is 2.74. The molecule has 1 aliphatic heterocycles. The number of carbonyl (C=O) groups is 1. The molecule has 1 N–H and O–H groups in total. The van der Waals surface area contributed by atoms with Crippen molar-refractivity contribution in [2.24, 2.45) is 5.92 Å². The molecule has 5 nitrogen and oxygen atoms in total. The first-order valence-electron chi connectivity index (χ1n) is 9.59. The van der Waals surface area contributed by atoms with E-state index in [2.05, 4.69) is 20.4 Å². The summed E-state index contributed by atoms with van der Waals surface area (Å²) >= 11 is 12.0. The first kappa shape index (κ1) is 20.6. The van der Waals surface area contributed by atoms with Crippen LogP contribution in [0, 0.1) is 11.7 Å². The van der Waals surface area contributed by atoms with Crippen molar-refractivity contribution < 1.29 is 9.18 Å². The number of hydrogen-bond donors (Lipinski definition) is 1. The van der Waals surface area contributed by atoms with Gasteiger partial charge in [-0.1, -0.05) is 23.2 Å². The SMILES string of the molecule is O=C(Nc1cc(Cl)cc(Cl)c1)C1CCN(c2ccc(-c3ccc(F)cc3)nn2)CC1. The normalized spacial score (nSPS) is 14.6. The molecule has 0 spiro atoms. The van der Waals surface area contributed by atoms with Gasteiger partial charge in [-0.05, 0) is 67.4 Å². The minimum atomic E-state index is -0.284.